The molecule has 0 saturated carbocycles. The Morgan fingerprint density at radius 3 is 2.08 bits per heavy atom. The van der Waals surface area contributed by atoms with Crippen molar-refractivity contribution in [3.63, 3.8) is 0 Å². The fraction of sp³-hybridized carbons (Fsp3) is 1.00. The molecule has 0 bridgehead atoms. The maximum atomic E-state index is 9.80. The highest BCUT2D eigenvalue weighted by Gasteiger charge is 2.44. The number of ether oxygens (including phenoxy) is 2. The van der Waals surface area contributed by atoms with Crippen LogP contribution in [-0.4, -0.2) is 123 Å². The Labute approximate surface area is 138 Å². The third-order valence-corrected chi connectivity index (χ3v) is 3.83. The molecule has 1 rings (SSSR count). The summed E-state index contributed by atoms with van der Waals surface area (Å²) in [5.74, 6) is 0. The van der Waals surface area contributed by atoms with Gasteiger partial charge in [0.2, 0.25) is 0 Å². The van der Waals surface area contributed by atoms with E-state index in [1.807, 2.05) is 0 Å². The van der Waals surface area contributed by atoms with E-state index < -0.39 is 68.3 Å². The van der Waals surface area contributed by atoms with Crippen LogP contribution in [0.2, 0.25) is 0 Å². The third-order valence-electron chi connectivity index (χ3n) is 3.83. The van der Waals surface area contributed by atoms with Gasteiger partial charge < -0.3 is 55.6 Å². The summed E-state index contributed by atoms with van der Waals surface area (Å²) in [4.78, 5) is 0. The summed E-state index contributed by atoms with van der Waals surface area (Å²) in [6.45, 7) is -1.25. The molecule has 0 spiro atoms. The lowest BCUT2D eigenvalue weighted by molar-refractivity contribution is -0.306. The van der Waals surface area contributed by atoms with Gasteiger partial charge in [0.25, 0.3) is 0 Å². The maximum Gasteiger partial charge on any atom is 0.186 e. The molecule has 0 aromatic rings. The van der Waals surface area contributed by atoms with Crippen LogP contribution in [0.1, 0.15) is 0 Å². The molecule has 1 aliphatic rings. The van der Waals surface area contributed by atoms with E-state index in [-0.39, 0.29) is 6.54 Å². The van der Waals surface area contributed by atoms with Crippen molar-refractivity contribution in [2.75, 3.05) is 26.8 Å². The van der Waals surface area contributed by atoms with E-state index in [2.05, 4.69) is 5.32 Å². The molecule has 0 aromatic heterocycles. The Kier molecular flexibility index (Phi) is 8.90. The largest absolute Gasteiger partial charge is 0.394 e. The van der Waals surface area contributed by atoms with Crippen molar-refractivity contribution in [2.45, 2.75) is 55.1 Å². The Morgan fingerprint density at radius 1 is 0.958 bits per heavy atom. The molecule has 1 heterocycles. The molecule has 0 radical (unpaired) electrons. The minimum absolute atomic E-state index is 0.0154. The Morgan fingerprint density at radius 2 is 1.54 bits per heavy atom. The van der Waals surface area contributed by atoms with E-state index in [0.717, 1.165) is 0 Å². The molecule has 1 saturated heterocycles. The summed E-state index contributed by atoms with van der Waals surface area (Å²) < 4.78 is 10.1. The van der Waals surface area contributed by atoms with Gasteiger partial charge in [0, 0.05) is 6.54 Å². The van der Waals surface area contributed by atoms with Gasteiger partial charge in [-0.1, -0.05) is 0 Å². The normalized spacial score (nSPS) is 36.1. The van der Waals surface area contributed by atoms with E-state index in [9.17, 15) is 35.7 Å². The summed E-state index contributed by atoms with van der Waals surface area (Å²) in [5, 5.41) is 79.4. The number of rotatable bonds is 9. The van der Waals surface area contributed by atoms with Gasteiger partial charge in [0.05, 0.1) is 19.3 Å². The van der Waals surface area contributed by atoms with E-state index in [1.165, 1.54) is 7.05 Å². The smallest absolute Gasteiger partial charge is 0.186 e. The van der Waals surface area contributed by atoms with Crippen LogP contribution in [0.4, 0.5) is 0 Å². The molecule has 1 fully saturated rings. The van der Waals surface area contributed by atoms with Gasteiger partial charge in [0.15, 0.2) is 6.29 Å². The van der Waals surface area contributed by atoms with Gasteiger partial charge >= 0.3 is 0 Å². The SMILES string of the molecule is CNC[C@H](O)[C@@H](O)[C@H](O)[C@H](O)CO[C@H]1O[C@H](CO)[C@@H](O)[C@H](O)[C@H]1O. The lowest BCUT2D eigenvalue weighted by Gasteiger charge is -2.40. The average molecular weight is 357 g/mol. The molecule has 0 aromatic carbocycles. The number of hydrogen-bond acceptors (Lipinski definition) is 11. The van der Waals surface area contributed by atoms with Crippen LogP contribution in [0.25, 0.3) is 0 Å². The van der Waals surface area contributed by atoms with E-state index >= 15 is 0 Å². The second-order valence-electron chi connectivity index (χ2n) is 5.70. The summed E-state index contributed by atoms with van der Waals surface area (Å²) in [7, 11) is 1.53. The van der Waals surface area contributed by atoms with Crippen LogP contribution >= 0.6 is 0 Å². The minimum Gasteiger partial charge on any atom is -0.394 e. The summed E-state index contributed by atoms with van der Waals surface area (Å²) in [6, 6.07) is 0. The highest BCUT2D eigenvalue weighted by atomic mass is 16.7. The number of aliphatic hydroxyl groups is 8. The van der Waals surface area contributed by atoms with Crippen molar-refractivity contribution in [3.8, 4) is 0 Å². The Bertz CT molecular complexity index is 360. The predicted molar refractivity (Wildman–Crippen MR) is 77.7 cm³/mol. The van der Waals surface area contributed by atoms with Crippen LogP contribution in [0, 0.1) is 0 Å². The van der Waals surface area contributed by atoms with Gasteiger partial charge in [-0.2, -0.15) is 0 Å². The van der Waals surface area contributed by atoms with E-state index in [4.69, 9.17) is 14.6 Å². The van der Waals surface area contributed by atoms with Crippen molar-refractivity contribution in [2.24, 2.45) is 0 Å². The topological polar surface area (TPSA) is 192 Å². The van der Waals surface area contributed by atoms with Gasteiger partial charge in [-0.05, 0) is 7.05 Å². The predicted octanol–water partition coefficient (Wildman–Crippen LogP) is -5.53. The fourth-order valence-electron chi connectivity index (χ4n) is 2.28. The molecule has 0 aliphatic carbocycles. The molecular formula is C13H27NO10. The molecule has 9 atom stereocenters. The molecule has 144 valence electrons. The Balaban J connectivity index is 2.54. The summed E-state index contributed by atoms with van der Waals surface area (Å²) in [6.07, 6.45) is -13.8. The monoisotopic (exact) mass is 357 g/mol. The summed E-state index contributed by atoms with van der Waals surface area (Å²) >= 11 is 0. The van der Waals surface area contributed by atoms with Gasteiger partial charge in [-0.3, -0.25) is 0 Å². The van der Waals surface area contributed by atoms with Gasteiger partial charge in [-0.25, -0.2) is 0 Å². The molecule has 9 N–H and O–H groups in total. The first-order valence-corrected chi connectivity index (χ1v) is 7.53. The van der Waals surface area contributed by atoms with Crippen molar-refractivity contribution >= 4 is 0 Å². The van der Waals surface area contributed by atoms with Crippen molar-refractivity contribution in [1.29, 1.82) is 0 Å². The Hall–Kier alpha value is -0.440. The molecule has 11 heteroatoms. The third kappa shape index (κ3) is 5.28. The average Bonchev–Trinajstić information content (AvgIpc) is 2.57. The van der Waals surface area contributed by atoms with Crippen LogP contribution in [-0.2, 0) is 9.47 Å². The second kappa shape index (κ2) is 9.89. The van der Waals surface area contributed by atoms with Gasteiger partial charge in [-0.15, -0.1) is 0 Å². The number of nitrogens with one attached hydrogen (secondary N) is 1. The standard InChI is InChI=1S/C13H27NO10/c1-14-2-5(16)8(18)9(19)6(17)4-23-13-12(22)11(21)10(20)7(3-15)24-13/h5-22H,2-4H2,1H3/t5-,6+,7+,8+,9+,10+,11-,12+,13-/m0/s1. The maximum absolute atomic E-state index is 9.80. The van der Waals surface area contributed by atoms with Crippen LogP contribution in [0.15, 0.2) is 0 Å². The highest BCUT2D eigenvalue weighted by molar-refractivity contribution is 4.89. The number of likely N-dealkylation sites (N-methyl/N-ethyl adjacent to an activating group) is 1. The van der Waals surface area contributed by atoms with E-state index in [0.29, 0.717) is 0 Å². The molecule has 1 aliphatic heterocycles. The zero-order chi connectivity index (χ0) is 18.4. The lowest BCUT2D eigenvalue weighted by Crippen LogP contribution is -2.59. The first-order valence-electron chi connectivity index (χ1n) is 7.53. The highest BCUT2D eigenvalue weighted by Crippen LogP contribution is 2.22. The van der Waals surface area contributed by atoms with Gasteiger partial charge in [0.1, 0.15) is 42.7 Å². The molecule has 0 amide bonds. The number of hydrogen-bond donors (Lipinski definition) is 9. The molecular weight excluding hydrogens is 330 g/mol. The second-order valence-corrected chi connectivity index (χ2v) is 5.70. The molecule has 11 nitrogen and oxygen atoms in total. The first-order chi connectivity index (χ1) is 11.2. The van der Waals surface area contributed by atoms with Crippen molar-refractivity contribution < 1.29 is 50.3 Å². The lowest BCUT2D eigenvalue weighted by atomic mass is 9.99. The van der Waals surface area contributed by atoms with Crippen LogP contribution in [0.3, 0.4) is 0 Å². The zero-order valence-corrected chi connectivity index (χ0v) is 13.2. The fourth-order valence-corrected chi connectivity index (χ4v) is 2.28. The van der Waals surface area contributed by atoms with Crippen molar-refractivity contribution in [3.05, 3.63) is 0 Å². The van der Waals surface area contributed by atoms with Crippen LogP contribution < -0.4 is 5.32 Å². The quantitative estimate of drug-likeness (QED) is 0.191. The molecule has 24 heavy (non-hydrogen) atoms. The van der Waals surface area contributed by atoms with Crippen molar-refractivity contribution in [1.82, 2.24) is 5.32 Å². The van der Waals surface area contributed by atoms with Crippen LogP contribution in [0.5, 0.6) is 0 Å². The minimum atomic E-state index is -1.74. The summed E-state index contributed by atoms with van der Waals surface area (Å²) in [5.41, 5.74) is 0. The zero-order valence-electron chi connectivity index (χ0n) is 13.2. The number of aliphatic hydroxyl groups excluding tert-OH is 8. The van der Waals surface area contributed by atoms with E-state index in [1.54, 1.807) is 0 Å². The molecule has 0 unspecified atom stereocenters. The first kappa shape index (κ1) is 21.6.